The van der Waals surface area contributed by atoms with E-state index in [-0.39, 0.29) is 0 Å². The number of allylic oxidation sites excluding steroid dienone is 7. The summed E-state index contributed by atoms with van der Waals surface area (Å²) >= 11 is 1.86. The number of thiophene rings is 1. The average molecular weight is 909 g/mol. The summed E-state index contributed by atoms with van der Waals surface area (Å²) in [6, 6.07) is 86.6. The van der Waals surface area contributed by atoms with Gasteiger partial charge in [0.25, 0.3) is 0 Å². The molecule has 0 fully saturated rings. The lowest BCUT2D eigenvalue weighted by atomic mass is 9.85. The van der Waals surface area contributed by atoms with Crippen LogP contribution in [0.15, 0.2) is 273 Å². The Bertz CT molecular complexity index is 3800. The predicted octanol–water partition coefficient (Wildman–Crippen LogP) is 19.4. The molecule has 0 radical (unpaired) electrons. The Morgan fingerprint density at radius 2 is 0.829 bits per heavy atom. The molecule has 1 aromatic heterocycles. The summed E-state index contributed by atoms with van der Waals surface area (Å²) in [5.74, 6) is 0. The molecule has 70 heavy (non-hydrogen) atoms. The molecule has 10 aromatic carbocycles. The van der Waals surface area contributed by atoms with E-state index in [4.69, 9.17) is 0 Å². The highest BCUT2D eigenvalue weighted by atomic mass is 32.1. The fourth-order valence-electron chi connectivity index (χ4n) is 10.0. The lowest BCUT2D eigenvalue weighted by Crippen LogP contribution is -1.92. The molecule has 0 spiro atoms. The standard InChI is InChI=1S/C69H48S/c1-2-7-20-51(19-6-1)63(52-21-8-3-9-22-52)45-49-32-36-56(37-33-49)69-61-29-17-16-28-60(61)68(55-34-30-48(31-35-55)44-64(53-23-10-4-11-24-53)54-25-12-5-13-26-54)62-41-40-59(47-65(62)69)67-43-42-66(70-67)58-39-38-50-18-14-15-27-57(50)46-58/h1,3-47H,2H2/b63-45-. The largest absolute Gasteiger partial charge is 0.135 e. The van der Waals surface area contributed by atoms with E-state index in [1.54, 1.807) is 0 Å². The van der Waals surface area contributed by atoms with Gasteiger partial charge in [-0.2, -0.15) is 0 Å². The molecule has 1 heteroatoms. The summed E-state index contributed by atoms with van der Waals surface area (Å²) < 4.78 is 0. The maximum Gasteiger partial charge on any atom is 0.0349 e. The quantitative estimate of drug-likeness (QED) is 0.0947. The monoisotopic (exact) mass is 908 g/mol. The van der Waals surface area contributed by atoms with Gasteiger partial charge in [-0.1, -0.05) is 243 Å². The summed E-state index contributed by atoms with van der Waals surface area (Å²) in [5, 5.41) is 7.46. The molecule has 0 atom stereocenters. The maximum absolute atomic E-state index is 2.44. The van der Waals surface area contributed by atoms with Crippen molar-refractivity contribution in [3.63, 3.8) is 0 Å². The second-order valence-corrected chi connectivity index (χ2v) is 19.0. The third-order valence-corrected chi connectivity index (χ3v) is 14.7. The molecular weight excluding hydrogens is 861 g/mol. The Hall–Kier alpha value is -8.62. The van der Waals surface area contributed by atoms with Gasteiger partial charge in [-0.05, 0) is 153 Å². The Labute approximate surface area is 414 Å². The van der Waals surface area contributed by atoms with Crippen LogP contribution in [-0.4, -0.2) is 0 Å². The summed E-state index contributed by atoms with van der Waals surface area (Å²) in [6.45, 7) is 0. The topological polar surface area (TPSA) is 0 Å². The average Bonchev–Trinajstić information content (AvgIpc) is 3.78. The highest BCUT2D eigenvalue weighted by Crippen LogP contribution is 2.46. The first-order chi connectivity index (χ1) is 34.7. The number of rotatable bonds is 10. The predicted molar refractivity (Wildman–Crippen MR) is 304 cm³/mol. The van der Waals surface area contributed by atoms with Crippen molar-refractivity contribution < 1.29 is 0 Å². The van der Waals surface area contributed by atoms with Crippen LogP contribution in [-0.2, 0) is 0 Å². The molecule has 11 aromatic rings. The highest BCUT2D eigenvalue weighted by molar-refractivity contribution is 7.18. The zero-order valence-corrected chi connectivity index (χ0v) is 39.5. The summed E-state index contributed by atoms with van der Waals surface area (Å²) in [4.78, 5) is 2.52. The van der Waals surface area contributed by atoms with Gasteiger partial charge in [-0.25, -0.2) is 0 Å². The number of benzene rings is 10. The summed E-state index contributed by atoms with van der Waals surface area (Å²) in [6.07, 6.45) is 16.7. The smallest absolute Gasteiger partial charge is 0.0349 e. The van der Waals surface area contributed by atoms with Gasteiger partial charge in [-0.15, -0.1) is 11.3 Å². The molecule has 0 saturated carbocycles. The van der Waals surface area contributed by atoms with Gasteiger partial charge in [0, 0.05) is 9.75 Å². The molecule has 0 amide bonds. The van der Waals surface area contributed by atoms with Crippen LogP contribution in [0.4, 0.5) is 0 Å². The first-order valence-electron chi connectivity index (χ1n) is 24.1. The van der Waals surface area contributed by atoms with Crippen molar-refractivity contribution in [2.24, 2.45) is 0 Å². The molecule has 0 unspecified atom stereocenters. The van der Waals surface area contributed by atoms with Gasteiger partial charge in [0.1, 0.15) is 0 Å². The van der Waals surface area contributed by atoms with Gasteiger partial charge >= 0.3 is 0 Å². The molecule has 330 valence electrons. The van der Waals surface area contributed by atoms with Crippen LogP contribution in [0.5, 0.6) is 0 Å². The van der Waals surface area contributed by atoms with Crippen LogP contribution in [0.1, 0.15) is 34.2 Å². The molecule has 0 aliphatic heterocycles. The Kier molecular flexibility index (Phi) is 11.7. The summed E-state index contributed by atoms with van der Waals surface area (Å²) in [5.41, 5.74) is 16.9. The fraction of sp³-hybridized carbons (Fsp3) is 0.0145. The highest BCUT2D eigenvalue weighted by Gasteiger charge is 2.19. The van der Waals surface area contributed by atoms with Gasteiger partial charge < -0.3 is 0 Å². The van der Waals surface area contributed by atoms with Crippen LogP contribution in [0, 0.1) is 0 Å². The van der Waals surface area contributed by atoms with E-state index >= 15 is 0 Å². The van der Waals surface area contributed by atoms with Crippen molar-refractivity contribution in [1.29, 1.82) is 0 Å². The van der Waals surface area contributed by atoms with E-state index in [9.17, 15) is 0 Å². The van der Waals surface area contributed by atoms with E-state index < -0.39 is 0 Å². The molecule has 0 bridgehead atoms. The number of hydrogen-bond acceptors (Lipinski definition) is 1. The van der Waals surface area contributed by atoms with Crippen LogP contribution in [0.25, 0.3) is 98.8 Å². The minimum atomic E-state index is 0.935. The zero-order valence-electron chi connectivity index (χ0n) is 38.7. The Morgan fingerprint density at radius 1 is 0.357 bits per heavy atom. The molecule has 0 N–H and O–H groups in total. The normalized spacial score (nSPS) is 12.6. The second-order valence-electron chi connectivity index (χ2n) is 17.9. The van der Waals surface area contributed by atoms with Crippen LogP contribution in [0.2, 0.25) is 0 Å². The molecule has 1 heterocycles. The van der Waals surface area contributed by atoms with Crippen molar-refractivity contribution in [2.75, 3.05) is 0 Å². The van der Waals surface area contributed by atoms with Crippen molar-refractivity contribution >= 4 is 67.0 Å². The van der Waals surface area contributed by atoms with Gasteiger partial charge in [0.15, 0.2) is 0 Å². The van der Waals surface area contributed by atoms with Crippen LogP contribution in [0.3, 0.4) is 0 Å². The van der Waals surface area contributed by atoms with Crippen LogP contribution >= 0.6 is 11.3 Å². The number of hydrogen-bond donors (Lipinski definition) is 0. The van der Waals surface area contributed by atoms with Crippen molar-refractivity contribution in [1.82, 2.24) is 0 Å². The lowest BCUT2D eigenvalue weighted by Gasteiger charge is -2.19. The van der Waals surface area contributed by atoms with E-state index in [1.165, 1.54) is 109 Å². The first kappa shape index (κ1) is 42.7. The van der Waals surface area contributed by atoms with E-state index in [0.29, 0.717) is 0 Å². The number of fused-ring (bicyclic) bond motifs is 3. The van der Waals surface area contributed by atoms with E-state index in [2.05, 4.69) is 279 Å². The Morgan fingerprint density at radius 3 is 1.44 bits per heavy atom. The fourth-order valence-corrected chi connectivity index (χ4v) is 11.0. The van der Waals surface area contributed by atoms with Gasteiger partial charge in [-0.3, -0.25) is 0 Å². The minimum Gasteiger partial charge on any atom is -0.135 e. The second kappa shape index (κ2) is 19.2. The van der Waals surface area contributed by atoms with E-state index in [1.807, 2.05) is 11.3 Å². The lowest BCUT2D eigenvalue weighted by molar-refractivity contribution is 1.40. The van der Waals surface area contributed by atoms with Crippen LogP contribution < -0.4 is 0 Å². The SMILES string of the molecule is C1=CCC=CC(/C(=C/c2ccc(-c3c4ccccc4c(-c4ccc(C=C(c5ccccc5)c5ccccc5)cc4)c4ccc(-c5ccc(-c6ccc7ccccc7c6)s5)cc34)cc2)c2ccccc2)=C1. The third kappa shape index (κ3) is 8.60. The zero-order chi connectivity index (χ0) is 46.6. The van der Waals surface area contributed by atoms with Crippen molar-refractivity contribution in [3.8, 4) is 43.1 Å². The van der Waals surface area contributed by atoms with Gasteiger partial charge in [0.05, 0.1) is 0 Å². The van der Waals surface area contributed by atoms with Crippen molar-refractivity contribution in [3.05, 3.63) is 300 Å². The minimum absolute atomic E-state index is 0.935. The molecule has 0 nitrogen and oxygen atoms in total. The molecule has 1 aliphatic carbocycles. The van der Waals surface area contributed by atoms with Gasteiger partial charge in [0.2, 0.25) is 0 Å². The third-order valence-electron chi connectivity index (χ3n) is 13.5. The first-order valence-corrected chi connectivity index (χ1v) is 24.9. The maximum atomic E-state index is 2.44. The van der Waals surface area contributed by atoms with Crippen molar-refractivity contribution in [2.45, 2.75) is 6.42 Å². The van der Waals surface area contributed by atoms with E-state index in [0.717, 1.165) is 17.5 Å². The molecule has 1 aliphatic rings. The Balaban J connectivity index is 1.01. The molecule has 12 rings (SSSR count). The summed E-state index contributed by atoms with van der Waals surface area (Å²) in [7, 11) is 0. The molecular formula is C69H48S. The molecule has 0 saturated heterocycles.